The zero-order chi connectivity index (χ0) is 15.6. The van der Waals surface area contributed by atoms with Crippen LogP contribution in [0, 0.1) is 15.5 Å². The van der Waals surface area contributed by atoms with E-state index in [1.54, 1.807) is 13.1 Å². The Morgan fingerprint density at radius 2 is 2.14 bits per heavy atom. The maximum absolute atomic E-state index is 12.5. The summed E-state index contributed by atoms with van der Waals surface area (Å²) in [5.74, 6) is -0.261. The van der Waals surface area contributed by atoms with Crippen LogP contribution in [0.4, 0.5) is 11.4 Å². The van der Waals surface area contributed by atoms with Crippen LogP contribution in [-0.2, 0) is 0 Å². The van der Waals surface area contributed by atoms with Gasteiger partial charge in [0, 0.05) is 19.2 Å². The predicted octanol–water partition coefficient (Wildman–Crippen LogP) is 2.95. The third-order valence-corrected chi connectivity index (χ3v) is 4.30. The number of carbonyl (C=O) groups excluding carboxylic acids is 1. The number of nitrogens with zero attached hydrogens (tertiary/aromatic N) is 1. The molecule has 0 spiro atoms. The van der Waals surface area contributed by atoms with E-state index in [-0.39, 0.29) is 28.7 Å². The molecule has 1 amide bonds. The zero-order valence-corrected chi connectivity index (χ0v) is 12.6. The molecule has 6 heteroatoms. The van der Waals surface area contributed by atoms with E-state index in [1.807, 2.05) is 0 Å². The van der Waals surface area contributed by atoms with Crippen molar-refractivity contribution in [2.24, 2.45) is 5.41 Å². The normalized spacial score (nSPS) is 20.0. The summed E-state index contributed by atoms with van der Waals surface area (Å²) < 4.78 is 0. The summed E-state index contributed by atoms with van der Waals surface area (Å²) in [6.07, 6.45) is 3.11. The smallest absolute Gasteiger partial charge is 0.293 e. The summed E-state index contributed by atoms with van der Waals surface area (Å²) >= 11 is 0. The number of anilines is 1. The van der Waals surface area contributed by atoms with Crippen LogP contribution in [0.15, 0.2) is 18.2 Å². The number of nitro groups is 1. The fourth-order valence-electron chi connectivity index (χ4n) is 2.97. The van der Waals surface area contributed by atoms with Gasteiger partial charge < -0.3 is 10.6 Å². The van der Waals surface area contributed by atoms with Crippen molar-refractivity contribution < 1.29 is 9.72 Å². The molecule has 6 nitrogen and oxygen atoms in total. The van der Waals surface area contributed by atoms with Gasteiger partial charge in [0.2, 0.25) is 0 Å². The van der Waals surface area contributed by atoms with Gasteiger partial charge in [-0.1, -0.05) is 26.3 Å². The molecule has 21 heavy (non-hydrogen) atoms. The first kappa shape index (κ1) is 15.3. The molecule has 1 aromatic rings. The molecule has 1 fully saturated rings. The van der Waals surface area contributed by atoms with Crippen LogP contribution < -0.4 is 10.6 Å². The van der Waals surface area contributed by atoms with E-state index in [1.165, 1.54) is 12.1 Å². The van der Waals surface area contributed by atoms with E-state index in [0.29, 0.717) is 5.56 Å². The van der Waals surface area contributed by atoms with Crippen molar-refractivity contribution in [2.45, 2.75) is 39.2 Å². The third-order valence-electron chi connectivity index (χ3n) is 4.30. The first-order valence-electron chi connectivity index (χ1n) is 7.13. The standard InChI is InChI=1S/C15H21N3O3/c1-15(2)9-5-8-12(15)17-14(19)10-6-4-7-11(18(20)21)13(10)16-3/h4,6-7,12,16H,5,8-9H2,1-3H3,(H,17,19). The van der Waals surface area contributed by atoms with Crippen molar-refractivity contribution in [3.8, 4) is 0 Å². The number of benzene rings is 1. The highest BCUT2D eigenvalue weighted by Crippen LogP contribution is 2.37. The Kier molecular flexibility index (Phi) is 4.16. The van der Waals surface area contributed by atoms with Crippen LogP contribution in [0.5, 0.6) is 0 Å². The molecule has 1 unspecified atom stereocenters. The van der Waals surface area contributed by atoms with E-state index >= 15 is 0 Å². The van der Waals surface area contributed by atoms with Gasteiger partial charge in [0.05, 0.1) is 10.5 Å². The van der Waals surface area contributed by atoms with Crippen LogP contribution in [0.1, 0.15) is 43.5 Å². The van der Waals surface area contributed by atoms with E-state index in [0.717, 1.165) is 19.3 Å². The van der Waals surface area contributed by atoms with Crippen molar-refractivity contribution in [1.29, 1.82) is 0 Å². The zero-order valence-electron chi connectivity index (χ0n) is 12.6. The molecule has 0 aromatic heterocycles. The summed E-state index contributed by atoms with van der Waals surface area (Å²) in [6, 6.07) is 4.64. The first-order chi connectivity index (χ1) is 9.86. The Balaban J connectivity index is 2.27. The summed E-state index contributed by atoms with van der Waals surface area (Å²) in [6.45, 7) is 4.27. The highest BCUT2D eigenvalue weighted by Gasteiger charge is 2.36. The summed E-state index contributed by atoms with van der Waals surface area (Å²) in [7, 11) is 1.58. The van der Waals surface area contributed by atoms with Gasteiger partial charge in [-0.15, -0.1) is 0 Å². The Morgan fingerprint density at radius 3 is 2.67 bits per heavy atom. The molecule has 0 aliphatic heterocycles. The Morgan fingerprint density at radius 1 is 1.43 bits per heavy atom. The second kappa shape index (κ2) is 5.71. The fraction of sp³-hybridized carbons (Fsp3) is 0.533. The molecule has 1 saturated carbocycles. The highest BCUT2D eigenvalue weighted by molar-refractivity contribution is 6.01. The average molecular weight is 291 g/mol. The van der Waals surface area contributed by atoms with E-state index in [4.69, 9.17) is 0 Å². The maximum atomic E-state index is 12.5. The Bertz CT molecular complexity index is 569. The van der Waals surface area contributed by atoms with Gasteiger partial charge in [-0.25, -0.2) is 0 Å². The molecule has 0 saturated heterocycles. The van der Waals surface area contributed by atoms with Crippen molar-refractivity contribution in [3.63, 3.8) is 0 Å². The Hall–Kier alpha value is -2.11. The maximum Gasteiger partial charge on any atom is 0.293 e. The van der Waals surface area contributed by atoms with Gasteiger partial charge in [0.1, 0.15) is 5.69 Å². The molecule has 2 N–H and O–H groups in total. The molecule has 1 aromatic carbocycles. The molecule has 0 bridgehead atoms. The van der Waals surface area contributed by atoms with Crippen molar-refractivity contribution in [1.82, 2.24) is 5.32 Å². The molecule has 1 aliphatic carbocycles. The van der Waals surface area contributed by atoms with Gasteiger partial charge in [0.15, 0.2) is 0 Å². The minimum Gasteiger partial charge on any atom is -0.382 e. The number of hydrogen-bond donors (Lipinski definition) is 2. The molecule has 114 valence electrons. The molecule has 2 rings (SSSR count). The van der Waals surface area contributed by atoms with Crippen molar-refractivity contribution in [2.75, 3.05) is 12.4 Å². The SMILES string of the molecule is CNc1c(C(=O)NC2CCCC2(C)C)cccc1[N+](=O)[O-]. The second-order valence-corrected chi connectivity index (χ2v) is 6.11. The van der Waals surface area contributed by atoms with Crippen LogP contribution in [0.3, 0.4) is 0 Å². The van der Waals surface area contributed by atoms with Crippen LogP contribution in [0.25, 0.3) is 0 Å². The third kappa shape index (κ3) is 2.99. The van der Waals surface area contributed by atoms with Gasteiger partial charge in [-0.3, -0.25) is 14.9 Å². The summed E-state index contributed by atoms with van der Waals surface area (Å²) in [5.41, 5.74) is 0.553. The molecule has 0 radical (unpaired) electrons. The largest absolute Gasteiger partial charge is 0.382 e. The molecular weight excluding hydrogens is 270 g/mol. The Labute approximate surface area is 124 Å². The van der Waals surface area contributed by atoms with Gasteiger partial charge >= 0.3 is 0 Å². The lowest BCUT2D eigenvalue weighted by Crippen LogP contribution is -2.41. The first-order valence-corrected chi connectivity index (χ1v) is 7.13. The lowest BCUT2D eigenvalue weighted by Gasteiger charge is -2.28. The minimum atomic E-state index is -0.484. The number of rotatable bonds is 4. The number of nitrogens with one attached hydrogen (secondary N) is 2. The van der Waals surface area contributed by atoms with Crippen LogP contribution in [-0.4, -0.2) is 23.9 Å². The lowest BCUT2D eigenvalue weighted by molar-refractivity contribution is -0.384. The lowest BCUT2D eigenvalue weighted by atomic mass is 9.87. The highest BCUT2D eigenvalue weighted by atomic mass is 16.6. The summed E-state index contributed by atoms with van der Waals surface area (Å²) in [5, 5.41) is 16.8. The van der Waals surface area contributed by atoms with Crippen molar-refractivity contribution >= 4 is 17.3 Å². The van der Waals surface area contributed by atoms with Crippen LogP contribution in [0.2, 0.25) is 0 Å². The predicted molar refractivity (Wildman–Crippen MR) is 81.5 cm³/mol. The molecule has 1 atom stereocenters. The number of carbonyl (C=O) groups is 1. The second-order valence-electron chi connectivity index (χ2n) is 6.11. The minimum absolute atomic E-state index is 0.0657. The topological polar surface area (TPSA) is 84.3 Å². The number of nitro benzene ring substituents is 1. The summed E-state index contributed by atoms with van der Waals surface area (Å²) in [4.78, 5) is 23.0. The fourth-order valence-corrected chi connectivity index (χ4v) is 2.97. The van der Waals surface area contributed by atoms with E-state index < -0.39 is 4.92 Å². The molecular formula is C15H21N3O3. The van der Waals surface area contributed by atoms with Crippen LogP contribution >= 0.6 is 0 Å². The van der Waals surface area contributed by atoms with E-state index in [9.17, 15) is 14.9 Å². The van der Waals surface area contributed by atoms with Gasteiger partial charge in [0.25, 0.3) is 11.6 Å². The number of para-hydroxylation sites is 1. The number of hydrogen-bond acceptors (Lipinski definition) is 4. The number of amides is 1. The monoisotopic (exact) mass is 291 g/mol. The van der Waals surface area contributed by atoms with Crippen molar-refractivity contribution in [3.05, 3.63) is 33.9 Å². The molecule has 0 heterocycles. The average Bonchev–Trinajstić information content (AvgIpc) is 2.76. The molecule has 1 aliphatic rings. The van der Waals surface area contributed by atoms with Gasteiger partial charge in [-0.2, -0.15) is 0 Å². The van der Waals surface area contributed by atoms with Gasteiger partial charge in [-0.05, 0) is 24.3 Å². The van der Waals surface area contributed by atoms with E-state index in [2.05, 4.69) is 24.5 Å². The quantitative estimate of drug-likeness (QED) is 0.660.